The van der Waals surface area contributed by atoms with Crippen LogP contribution in [0.1, 0.15) is 13.8 Å². The molecule has 0 aromatic rings. The van der Waals surface area contributed by atoms with E-state index in [4.69, 9.17) is 4.52 Å². The molecule has 0 aliphatic rings. The second-order valence-corrected chi connectivity index (χ2v) is 4.50. The van der Waals surface area contributed by atoms with Crippen LogP contribution in [0.3, 0.4) is 0 Å². The summed E-state index contributed by atoms with van der Waals surface area (Å²) in [5, 5.41) is 0. The summed E-state index contributed by atoms with van der Waals surface area (Å²) in [6.07, 6.45) is -0.175. The lowest BCUT2D eigenvalue weighted by Gasteiger charge is -2.07. The van der Waals surface area contributed by atoms with Gasteiger partial charge in [0.2, 0.25) is 0 Å². The largest absolute Gasteiger partial charge is 0.321 e. The van der Waals surface area contributed by atoms with Crippen LogP contribution < -0.4 is 0 Å². The van der Waals surface area contributed by atoms with Crippen molar-refractivity contribution in [1.29, 1.82) is 0 Å². The maximum atomic E-state index is 10.9. The van der Waals surface area contributed by atoms with Crippen molar-refractivity contribution >= 4 is 16.5 Å². The summed E-state index contributed by atoms with van der Waals surface area (Å²) >= 11 is 0. The van der Waals surface area contributed by atoms with Crippen LogP contribution in [0.4, 0.5) is 0 Å². The van der Waals surface area contributed by atoms with E-state index < -0.39 is 16.5 Å². The molecule has 0 saturated heterocycles. The van der Waals surface area contributed by atoms with E-state index in [0.29, 0.717) is 0 Å². The standard InChI is InChI=1S/C5H14O6P2/c1-5(2)11-13(7)10-4-9-12(6)8-3/h5,12-13H,4H2,1-3H3. The van der Waals surface area contributed by atoms with Crippen LogP contribution in [-0.4, -0.2) is 20.0 Å². The van der Waals surface area contributed by atoms with Crippen LogP contribution in [0.15, 0.2) is 0 Å². The molecule has 0 aromatic carbocycles. The van der Waals surface area contributed by atoms with Gasteiger partial charge in [0.15, 0.2) is 6.79 Å². The third-order valence-electron chi connectivity index (χ3n) is 0.852. The van der Waals surface area contributed by atoms with E-state index in [9.17, 15) is 9.13 Å². The zero-order valence-corrected chi connectivity index (χ0v) is 9.73. The third kappa shape index (κ3) is 8.63. The summed E-state index contributed by atoms with van der Waals surface area (Å²) in [6, 6.07) is 0. The molecule has 0 saturated carbocycles. The lowest BCUT2D eigenvalue weighted by molar-refractivity contribution is 0.0892. The fourth-order valence-corrected chi connectivity index (χ4v) is 1.41. The molecular weight excluding hydrogens is 218 g/mol. The minimum Gasteiger partial charge on any atom is -0.314 e. The molecule has 8 heteroatoms. The van der Waals surface area contributed by atoms with Gasteiger partial charge in [-0.15, -0.1) is 0 Å². The Morgan fingerprint density at radius 1 is 1.15 bits per heavy atom. The van der Waals surface area contributed by atoms with Gasteiger partial charge in [0.05, 0.1) is 6.10 Å². The average Bonchev–Trinajstić information content (AvgIpc) is 2.02. The monoisotopic (exact) mass is 232 g/mol. The summed E-state index contributed by atoms with van der Waals surface area (Å²) in [4.78, 5) is 0. The molecule has 0 aromatic heterocycles. The van der Waals surface area contributed by atoms with Crippen molar-refractivity contribution in [3.63, 3.8) is 0 Å². The van der Waals surface area contributed by atoms with Gasteiger partial charge in [-0.1, -0.05) is 0 Å². The normalized spacial score (nSPS) is 16.0. The first-order valence-corrected chi connectivity index (χ1v) is 6.05. The molecule has 0 amide bonds. The Kier molecular flexibility index (Phi) is 7.86. The second-order valence-electron chi connectivity index (χ2n) is 2.28. The summed E-state index contributed by atoms with van der Waals surface area (Å²) in [5.74, 6) is 0. The molecule has 13 heavy (non-hydrogen) atoms. The molecular formula is C5H14O6P2. The van der Waals surface area contributed by atoms with E-state index in [1.54, 1.807) is 13.8 Å². The highest BCUT2D eigenvalue weighted by molar-refractivity contribution is 7.34. The zero-order chi connectivity index (χ0) is 10.3. The van der Waals surface area contributed by atoms with Gasteiger partial charge in [-0.3, -0.25) is 18.2 Å². The number of hydrogen-bond donors (Lipinski definition) is 0. The van der Waals surface area contributed by atoms with Crippen LogP contribution in [0.25, 0.3) is 0 Å². The van der Waals surface area contributed by atoms with Gasteiger partial charge < -0.3 is 9.05 Å². The van der Waals surface area contributed by atoms with E-state index >= 15 is 0 Å². The maximum Gasteiger partial charge on any atom is 0.321 e. The van der Waals surface area contributed by atoms with Gasteiger partial charge in [0.25, 0.3) is 0 Å². The molecule has 0 aliphatic heterocycles. The lowest BCUT2D eigenvalue weighted by atomic mass is 10.5. The lowest BCUT2D eigenvalue weighted by Crippen LogP contribution is -1.97. The predicted octanol–water partition coefficient (Wildman–Crippen LogP) is 1.83. The first kappa shape index (κ1) is 13.3. The van der Waals surface area contributed by atoms with Crippen molar-refractivity contribution in [2.24, 2.45) is 0 Å². The summed E-state index contributed by atoms with van der Waals surface area (Å²) in [5.41, 5.74) is 0. The van der Waals surface area contributed by atoms with Gasteiger partial charge in [0.1, 0.15) is 0 Å². The minimum absolute atomic E-state index is 0.175. The van der Waals surface area contributed by atoms with E-state index in [1.807, 2.05) is 0 Å². The molecule has 0 heterocycles. The second kappa shape index (κ2) is 7.68. The summed E-state index contributed by atoms with van der Waals surface area (Å²) in [7, 11) is -3.81. The Hall–Kier alpha value is 0.300. The van der Waals surface area contributed by atoms with Crippen LogP contribution in [0.2, 0.25) is 0 Å². The smallest absolute Gasteiger partial charge is 0.314 e. The van der Waals surface area contributed by atoms with Gasteiger partial charge in [-0.25, -0.2) is 0 Å². The number of hydrogen-bond acceptors (Lipinski definition) is 6. The molecule has 0 spiro atoms. The summed E-state index contributed by atoms with van der Waals surface area (Å²) < 4.78 is 39.6. The quantitative estimate of drug-likeness (QED) is 0.492. The van der Waals surface area contributed by atoms with Crippen molar-refractivity contribution in [1.82, 2.24) is 0 Å². The van der Waals surface area contributed by atoms with E-state index in [2.05, 4.69) is 13.6 Å². The van der Waals surface area contributed by atoms with Gasteiger partial charge in [-0.2, -0.15) is 0 Å². The van der Waals surface area contributed by atoms with Gasteiger partial charge in [-0.05, 0) is 13.8 Å². The van der Waals surface area contributed by atoms with E-state index in [0.717, 1.165) is 0 Å². The zero-order valence-electron chi connectivity index (χ0n) is 7.73. The first-order valence-electron chi connectivity index (χ1n) is 3.60. The molecule has 2 atom stereocenters. The van der Waals surface area contributed by atoms with Crippen LogP contribution >= 0.6 is 16.5 Å². The molecule has 0 fully saturated rings. The fourth-order valence-electron chi connectivity index (χ4n) is 0.411. The molecule has 0 aliphatic carbocycles. The van der Waals surface area contributed by atoms with Crippen molar-refractivity contribution in [2.45, 2.75) is 20.0 Å². The maximum absolute atomic E-state index is 10.9. The molecule has 0 rings (SSSR count). The topological polar surface area (TPSA) is 71.1 Å². The Labute approximate surface area is 78.4 Å². The predicted molar refractivity (Wildman–Crippen MR) is 48.3 cm³/mol. The Morgan fingerprint density at radius 3 is 2.15 bits per heavy atom. The molecule has 0 radical (unpaired) electrons. The van der Waals surface area contributed by atoms with Crippen molar-refractivity contribution in [3.05, 3.63) is 0 Å². The molecule has 0 N–H and O–H groups in total. The van der Waals surface area contributed by atoms with E-state index in [1.165, 1.54) is 7.11 Å². The molecule has 80 valence electrons. The Balaban J connectivity index is 3.42. The molecule has 6 nitrogen and oxygen atoms in total. The first-order chi connectivity index (χ1) is 6.06. The molecule has 0 bridgehead atoms. The van der Waals surface area contributed by atoms with E-state index in [-0.39, 0.29) is 12.9 Å². The SMILES string of the molecule is CO[PH](=O)OCO[PH](=O)OC(C)C. The minimum atomic E-state index is -2.55. The Bertz CT molecular complexity index is 182. The average molecular weight is 232 g/mol. The number of rotatable bonds is 7. The highest BCUT2D eigenvalue weighted by Crippen LogP contribution is 2.28. The van der Waals surface area contributed by atoms with Crippen molar-refractivity contribution in [2.75, 3.05) is 13.9 Å². The Morgan fingerprint density at radius 2 is 1.69 bits per heavy atom. The molecule has 2 unspecified atom stereocenters. The van der Waals surface area contributed by atoms with Crippen molar-refractivity contribution in [3.8, 4) is 0 Å². The van der Waals surface area contributed by atoms with Crippen molar-refractivity contribution < 1.29 is 27.2 Å². The highest BCUT2D eigenvalue weighted by atomic mass is 31.1. The fraction of sp³-hybridized carbons (Fsp3) is 1.00. The summed E-state index contributed by atoms with van der Waals surface area (Å²) in [6.45, 7) is 3.10. The third-order valence-corrected chi connectivity index (χ3v) is 2.56. The van der Waals surface area contributed by atoms with Crippen LogP contribution in [0, 0.1) is 0 Å². The highest BCUT2D eigenvalue weighted by Gasteiger charge is 2.03. The van der Waals surface area contributed by atoms with Gasteiger partial charge >= 0.3 is 16.5 Å². The van der Waals surface area contributed by atoms with Crippen LogP contribution in [-0.2, 0) is 27.2 Å². The van der Waals surface area contributed by atoms with Gasteiger partial charge in [0, 0.05) is 7.11 Å². The van der Waals surface area contributed by atoms with Crippen LogP contribution in [0.5, 0.6) is 0 Å².